The molecule has 0 bridgehead atoms. The van der Waals surface area contributed by atoms with E-state index < -0.39 is 17.4 Å². The maximum atomic E-state index is 13.1. The summed E-state index contributed by atoms with van der Waals surface area (Å²) in [5, 5.41) is 0. The van der Waals surface area contributed by atoms with Crippen LogP contribution in [0.2, 0.25) is 0 Å². The van der Waals surface area contributed by atoms with Crippen molar-refractivity contribution in [2.45, 2.75) is 25.7 Å². The van der Waals surface area contributed by atoms with E-state index in [1.165, 1.54) is 23.1 Å². The van der Waals surface area contributed by atoms with Gasteiger partial charge in [-0.15, -0.1) is 12.4 Å². The number of aliphatic imine (C=N–C) groups is 2. The summed E-state index contributed by atoms with van der Waals surface area (Å²) in [7, 11) is 0. The van der Waals surface area contributed by atoms with Gasteiger partial charge >= 0.3 is 6.18 Å². The number of nitrogens with zero attached hydrogens (tertiary/aromatic N) is 3. The number of benzene rings is 1. The quantitative estimate of drug-likeness (QED) is 0.833. The molecule has 0 radical (unpaired) electrons. The van der Waals surface area contributed by atoms with Crippen molar-refractivity contribution in [3.8, 4) is 0 Å². The Hall–Kier alpha value is -1.96. The molecule has 1 aromatic carbocycles. The standard InChI is InChI=1S/C12H14F3N5.ClH/c1-11(2)19-9(16)18-10(17)20(11)8-6-4-3-5-7(8)12(13,14)15;/h3-6H,1-2H3,(H4,16,17,18,19);1H. The fourth-order valence-corrected chi connectivity index (χ4v) is 2.13. The first-order valence-electron chi connectivity index (χ1n) is 5.79. The lowest BCUT2D eigenvalue weighted by Gasteiger charge is -2.39. The fourth-order valence-electron chi connectivity index (χ4n) is 2.13. The molecule has 0 saturated carbocycles. The van der Waals surface area contributed by atoms with Crippen molar-refractivity contribution in [3.63, 3.8) is 0 Å². The third-order valence-electron chi connectivity index (χ3n) is 2.84. The van der Waals surface area contributed by atoms with Crippen LogP contribution in [-0.4, -0.2) is 17.6 Å². The van der Waals surface area contributed by atoms with Crippen LogP contribution in [0.15, 0.2) is 34.3 Å². The second-order valence-electron chi connectivity index (χ2n) is 4.78. The van der Waals surface area contributed by atoms with Crippen molar-refractivity contribution >= 4 is 30.0 Å². The zero-order valence-corrected chi connectivity index (χ0v) is 12.2. The first-order chi connectivity index (χ1) is 9.13. The van der Waals surface area contributed by atoms with E-state index in [0.29, 0.717) is 0 Å². The minimum Gasteiger partial charge on any atom is -0.369 e. The smallest absolute Gasteiger partial charge is 0.369 e. The average molecular weight is 322 g/mol. The van der Waals surface area contributed by atoms with Gasteiger partial charge in [0.05, 0.1) is 11.3 Å². The van der Waals surface area contributed by atoms with Crippen molar-refractivity contribution in [2.75, 3.05) is 4.90 Å². The van der Waals surface area contributed by atoms with Crippen LogP contribution in [0.4, 0.5) is 18.9 Å². The Morgan fingerprint density at radius 1 is 1.14 bits per heavy atom. The van der Waals surface area contributed by atoms with E-state index in [1.54, 1.807) is 13.8 Å². The molecule has 4 N–H and O–H groups in total. The van der Waals surface area contributed by atoms with Crippen LogP contribution in [-0.2, 0) is 6.18 Å². The fraction of sp³-hybridized carbons (Fsp3) is 0.333. The third-order valence-corrected chi connectivity index (χ3v) is 2.84. The third kappa shape index (κ3) is 3.21. The number of guanidine groups is 2. The largest absolute Gasteiger partial charge is 0.418 e. The van der Waals surface area contributed by atoms with Gasteiger partial charge in [0.2, 0.25) is 11.9 Å². The Labute approximate surface area is 125 Å². The first kappa shape index (κ1) is 17.1. The number of anilines is 1. The van der Waals surface area contributed by atoms with E-state index in [9.17, 15) is 13.2 Å². The van der Waals surface area contributed by atoms with Gasteiger partial charge < -0.3 is 11.5 Å². The van der Waals surface area contributed by atoms with Gasteiger partial charge in [0.15, 0.2) is 0 Å². The normalized spacial score (nSPS) is 17.7. The topological polar surface area (TPSA) is 80.0 Å². The van der Waals surface area contributed by atoms with E-state index in [1.807, 2.05) is 0 Å². The Bertz CT molecular complexity index is 595. The summed E-state index contributed by atoms with van der Waals surface area (Å²) < 4.78 is 39.3. The van der Waals surface area contributed by atoms with Gasteiger partial charge in [-0.05, 0) is 26.0 Å². The van der Waals surface area contributed by atoms with Crippen molar-refractivity contribution in [1.82, 2.24) is 0 Å². The summed E-state index contributed by atoms with van der Waals surface area (Å²) in [6.07, 6.45) is -4.50. The van der Waals surface area contributed by atoms with Crippen LogP contribution in [0.3, 0.4) is 0 Å². The summed E-state index contributed by atoms with van der Waals surface area (Å²) in [6, 6.07) is 5.12. The molecule has 0 fully saturated rings. The molecule has 21 heavy (non-hydrogen) atoms. The van der Waals surface area contributed by atoms with Crippen molar-refractivity contribution in [3.05, 3.63) is 29.8 Å². The number of halogens is 4. The summed E-state index contributed by atoms with van der Waals surface area (Å²) >= 11 is 0. The number of hydrogen-bond acceptors (Lipinski definition) is 5. The summed E-state index contributed by atoms with van der Waals surface area (Å²) in [5.74, 6) is -0.188. The van der Waals surface area contributed by atoms with Crippen LogP contribution in [0.25, 0.3) is 0 Å². The monoisotopic (exact) mass is 321 g/mol. The average Bonchev–Trinajstić information content (AvgIpc) is 2.25. The van der Waals surface area contributed by atoms with Gasteiger partial charge in [-0.2, -0.15) is 18.2 Å². The lowest BCUT2D eigenvalue weighted by atomic mass is 10.1. The van der Waals surface area contributed by atoms with Crippen molar-refractivity contribution in [1.29, 1.82) is 0 Å². The molecule has 1 heterocycles. The van der Waals surface area contributed by atoms with Gasteiger partial charge in [0.1, 0.15) is 5.66 Å². The lowest BCUT2D eigenvalue weighted by Crippen LogP contribution is -2.54. The highest BCUT2D eigenvalue weighted by atomic mass is 35.5. The molecule has 0 saturated heterocycles. The second kappa shape index (κ2) is 5.44. The van der Waals surface area contributed by atoms with Crippen LogP contribution in [0.1, 0.15) is 19.4 Å². The molecular weight excluding hydrogens is 307 g/mol. The maximum Gasteiger partial charge on any atom is 0.418 e. The Morgan fingerprint density at radius 3 is 2.24 bits per heavy atom. The Balaban J connectivity index is 0.00000220. The zero-order valence-electron chi connectivity index (χ0n) is 11.3. The predicted octanol–water partition coefficient (Wildman–Crippen LogP) is 2.31. The summed E-state index contributed by atoms with van der Waals surface area (Å²) in [6.45, 7) is 3.21. The van der Waals surface area contributed by atoms with E-state index in [-0.39, 0.29) is 30.0 Å². The Kier molecular flexibility index (Phi) is 4.43. The summed E-state index contributed by atoms with van der Waals surface area (Å²) in [4.78, 5) is 8.99. The number of para-hydroxylation sites is 1. The van der Waals surface area contributed by atoms with Gasteiger partial charge in [-0.3, -0.25) is 4.90 Å². The van der Waals surface area contributed by atoms with Crippen molar-refractivity contribution < 1.29 is 13.2 Å². The molecular formula is C12H15ClF3N5. The second-order valence-corrected chi connectivity index (χ2v) is 4.78. The van der Waals surface area contributed by atoms with E-state index >= 15 is 0 Å². The molecule has 0 aliphatic carbocycles. The minimum atomic E-state index is -4.50. The van der Waals surface area contributed by atoms with Crippen LogP contribution in [0, 0.1) is 0 Å². The van der Waals surface area contributed by atoms with Gasteiger partial charge in [0.25, 0.3) is 0 Å². The molecule has 9 heteroatoms. The molecule has 1 aliphatic heterocycles. The van der Waals surface area contributed by atoms with Crippen LogP contribution < -0.4 is 16.4 Å². The molecule has 0 amide bonds. The molecule has 1 aromatic rings. The first-order valence-corrected chi connectivity index (χ1v) is 5.79. The highest BCUT2D eigenvalue weighted by Gasteiger charge is 2.40. The lowest BCUT2D eigenvalue weighted by molar-refractivity contribution is -0.137. The van der Waals surface area contributed by atoms with Gasteiger partial charge in [-0.1, -0.05) is 12.1 Å². The molecule has 1 aliphatic rings. The predicted molar refractivity (Wildman–Crippen MR) is 78.5 cm³/mol. The number of alkyl halides is 3. The van der Waals surface area contributed by atoms with Crippen LogP contribution in [0.5, 0.6) is 0 Å². The van der Waals surface area contributed by atoms with Crippen molar-refractivity contribution in [2.24, 2.45) is 21.5 Å². The van der Waals surface area contributed by atoms with E-state index in [4.69, 9.17) is 11.5 Å². The molecule has 116 valence electrons. The molecule has 0 spiro atoms. The van der Waals surface area contributed by atoms with E-state index in [2.05, 4.69) is 9.98 Å². The molecule has 5 nitrogen and oxygen atoms in total. The molecule has 2 rings (SSSR count). The maximum absolute atomic E-state index is 13.1. The van der Waals surface area contributed by atoms with Gasteiger partial charge in [0, 0.05) is 0 Å². The van der Waals surface area contributed by atoms with Crippen LogP contribution >= 0.6 is 12.4 Å². The highest BCUT2D eigenvalue weighted by Crippen LogP contribution is 2.39. The molecule has 0 aromatic heterocycles. The zero-order chi connectivity index (χ0) is 15.1. The Morgan fingerprint density at radius 2 is 1.71 bits per heavy atom. The number of rotatable bonds is 1. The number of hydrogen-bond donors (Lipinski definition) is 2. The minimum absolute atomic E-state index is 0. The molecule has 0 unspecified atom stereocenters. The summed E-state index contributed by atoms with van der Waals surface area (Å²) in [5.41, 5.74) is 9.26. The molecule has 0 atom stereocenters. The van der Waals surface area contributed by atoms with Gasteiger partial charge in [-0.25, -0.2) is 4.99 Å². The van der Waals surface area contributed by atoms with E-state index in [0.717, 1.165) is 6.07 Å². The highest BCUT2D eigenvalue weighted by molar-refractivity contribution is 6.05. The number of nitrogens with two attached hydrogens (primary N) is 2. The SMILES string of the molecule is CC1(C)N=C(N)N=C(N)N1c1ccccc1C(F)(F)F.Cl.